The zero-order valence-electron chi connectivity index (χ0n) is 6.93. The van der Waals surface area contributed by atoms with Crippen molar-refractivity contribution in [2.45, 2.75) is 39.0 Å². The molecule has 0 spiro atoms. The van der Waals surface area contributed by atoms with Gasteiger partial charge in [0.1, 0.15) is 5.76 Å². The van der Waals surface area contributed by atoms with E-state index >= 15 is 0 Å². The quantitative estimate of drug-likeness (QED) is 0.461. The van der Waals surface area contributed by atoms with Crippen LogP contribution in [0.25, 0.3) is 0 Å². The molecule has 2 nitrogen and oxygen atoms in total. The van der Waals surface area contributed by atoms with Gasteiger partial charge in [0.15, 0.2) is 0 Å². The number of ether oxygens (including phenoxy) is 1. The SMILES string of the molecule is CCCC/C=C1/CCC(=O)O1. The molecule has 0 amide bonds. The maximum absolute atomic E-state index is 10.6. The average Bonchev–Trinajstić information content (AvgIpc) is 2.37. The van der Waals surface area contributed by atoms with Crippen molar-refractivity contribution in [1.82, 2.24) is 0 Å². The first-order valence-electron chi connectivity index (χ1n) is 4.22. The summed E-state index contributed by atoms with van der Waals surface area (Å²) in [4.78, 5) is 10.6. The highest BCUT2D eigenvalue weighted by Gasteiger charge is 2.15. The fourth-order valence-electron chi connectivity index (χ4n) is 1.08. The number of carbonyl (C=O) groups excluding carboxylic acids is 1. The fourth-order valence-corrected chi connectivity index (χ4v) is 1.08. The van der Waals surface area contributed by atoms with Crippen LogP contribution in [0.5, 0.6) is 0 Å². The van der Waals surface area contributed by atoms with Gasteiger partial charge < -0.3 is 4.74 Å². The first-order valence-corrected chi connectivity index (χ1v) is 4.22. The number of unbranched alkanes of at least 4 members (excludes halogenated alkanes) is 2. The molecule has 1 aliphatic rings. The summed E-state index contributed by atoms with van der Waals surface area (Å²) in [6.07, 6.45) is 6.83. The van der Waals surface area contributed by atoms with Crippen LogP contribution in [-0.4, -0.2) is 5.97 Å². The molecule has 1 heterocycles. The molecule has 1 fully saturated rings. The predicted octanol–water partition coefficient (Wildman–Crippen LogP) is 2.40. The van der Waals surface area contributed by atoms with E-state index in [9.17, 15) is 4.79 Å². The van der Waals surface area contributed by atoms with Gasteiger partial charge in [-0.15, -0.1) is 0 Å². The summed E-state index contributed by atoms with van der Waals surface area (Å²) < 4.78 is 4.93. The van der Waals surface area contributed by atoms with Gasteiger partial charge in [-0.2, -0.15) is 0 Å². The van der Waals surface area contributed by atoms with Crippen LogP contribution in [0.4, 0.5) is 0 Å². The number of cyclic esters (lactones) is 1. The number of esters is 1. The van der Waals surface area contributed by atoms with E-state index in [2.05, 4.69) is 6.92 Å². The molecule has 1 rings (SSSR count). The zero-order valence-corrected chi connectivity index (χ0v) is 6.93. The van der Waals surface area contributed by atoms with E-state index in [0.29, 0.717) is 6.42 Å². The second kappa shape index (κ2) is 4.16. The van der Waals surface area contributed by atoms with Gasteiger partial charge in [0.05, 0.1) is 6.42 Å². The van der Waals surface area contributed by atoms with Crippen molar-refractivity contribution in [3.63, 3.8) is 0 Å². The third-order valence-electron chi connectivity index (χ3n) is 1.75. The molecule has 0 aromatic rings. The summed E-state index contributed by atoms with van der Waals surface area (Å²) in [7, 11) is 0. The average molecular weight is 154 g/mol. The molecule has 0 atom stereocenters. The van der Waals surface area contributed by atoms with E-state index < -0.39 is 0 Å². The summed E-state index contributed by atoms with van der Waals surface area (Å²) in [5.74, 6) is 0.802. The molecule has 0 aromatic heterocycles. The largest absolute Gasteiger partial charge is 0.431 e. The molecule has 0 radical (unpaired) electrons. The van der Waals surface area contributed by atoms with E-state index in [1.165, 1.54) is 12.8 Å². The van der Waals surface area contributed by atoms with Crippen LogP contribution in [0, 0.1) is 0 Å². The Morgan fingerprint density at radius 3 is 2.91 bits per heavy atom. The molecule has 11 heavy (non-hydrogen) atoms. The first kappa shape index (κ1) is 8.31. The summed E-state index contributed by atoms with van der Waals surface area (Å²) in [5, 5.41) is 0. The summed E-state index contributed by atoms with van der Waals surface area (Å²) >= 11 is 0. The van der Waals surface area contributed by atoms with Gasteiger partial charge in [-0.1, -0.05) is 13.3 Å². The minimum Gasteiger partial charge on any atom is -0.431 e. The van der Waals surface area contributed by atoms with Gasteiger partial charge in [-0.05, 0) is 18.9 Å². The molecule has 0 aromatic carbocycles. The van der Waals surface area contributed by atoms with Crippen LogP contribution in [-0.2, 0) is 9.53 Å². The van der Waals surface area contributed by atoms with Gasteiger partial charge in [0.25, 0.3) is 0 Å². The van der Waals surface area contributed by atoms with Gasteiger partial charge in [-0.3, -0.25) is 4.79 Å². The lowest BCUT2D eigenvalue weighted by Crippen LogP contribution is -1.88. The molecule has 2 heteroatoms. The summed E-state index contributed by atoms with van der Waals surface area (Å²) in [6, 6.07) is 0. The molecular formula is C9H14O2. The maximum atomic E-state index is 10.6. The number of hydrogen-bond acceptors (Lipinski definition) is 2. The van der Waals surface area contributed by atoms with Crippen molar-refractivity contribution in [2.24, 2.45) is 0 Å². The second-order valence-corrected chi connectivity index (χ2v) is 2.79. The topological polar surface area (TPSA) is 26.3 Å². The van der Waals surface area contributed by atoms with Crippen LogP contribution in [0.15, 0.2) is 11.8 Å². The lowest BCUT2D eigenvalue weighted by Gasteiger charge is -1.94. The predicted molar refractivity (Wildman–Crippen MR) is 42.9 cm³/mol. The Hall–Kier alpha value is -0.790. The van der Waals surface area contributed by atoms with Crippen LogP contribution in [0.2, 0.25) is 0 Å². The third kappa shape index (κ3) is 2.74. The minimum atomic E-state index is -0.0762. The van der Waals surface area contributed by atoms with Gasteiger partial charge in [0, 0.05) is 6.42 Å². The summed E-state index contributed by atoms with van der Waals surface area (Å²) in [6.45, 7) is 2.15. The van der Waals surface area contributed by atoms with E-state index in [-0.39, 0.29) is 5.97 Å². The molecule has 0 unspecified atom stereocenters. The monoisotopic (exact) mass is 154 g/mol. The standard InChI is InChI=1S/C9H14O2/c1-2-3-4-5-8-6-7-9(10)11-8/h5H,2-4,6-7H2,1H3/b8-5-. The Labute approximate surface area is 67.2 Å². The molecule has 62 valence electrons. The molecule has 1 saturated heterocycles. The normalized spacial score (nSPS) is 20.8. The first-order chi connectivity index (χ1) is 5.33. The molecule has 0 saturated carbocycles. The molecule has 0 N–H and O–H groups in total. The molecule has 0 bridgehead atoms. The molecular weight excluding hydrogens is 140 g/mol. The highest BCUT2D eigenvalue weighted by atomic mass is 16.5. The Bertz CT molecular complexity index is 170. The van der Waals surface area contributed by atoms with Gasteiger partial charge in [0.2, 0.25) is 0 Å². The number of allylic oxidation sites excluding steroid dienone is 2. The van der Waals surface area contributed by atoms with E-state index in [4.69, 9.17) is 4.74 Å². The fraction of sp³-hybridized carbons (Fsp3) is 0.667. The smallest absolute Gasteiger partial charge is 0.311 e. The highest BCUT2D eigenvalue weighted by molar-refractivity contribution is 5.73. The molecule has 0 aliphatic carbocycles. The van der Waals surface area contributed by atoms with Crippen molar-refractivity contribution in [3.8, 4) is 0 Å². The second-order valence-electron chi connectivity index (χ2n) is 2.79. The number of hydrogen-bond donors (Lipinski definition) is 0. The van der Waals surface area contributed by atoms with Gasteiger partial charge >= 0.3 is 5.97 Å². The maximum Gasteiger partial charge on any atom is 0.311 e. The van der Waals surface area contributed by atoms with Crippen LogP contribution in [0.3, 0.4) is 0 Å². The zero-order chi connectivity index (χ0) is 8.10. The minimum absolute atomic E-state index is 0.0762. The Morgan fingerprint density at radius 2 is 2.36 bits per heavy atom. The molecule has 1 aliphatic heterocycles. The van der Waals surface area contributed by atoms with Crippen molar-refractivity contribution in [2.75, 3.05) is 0 Å². The number of rotatable bonds is 3. The van der Waals surface area contributed by atoms with Gasteiger partial charge in [-0.25, -0.2) is 0 Å². The lowest BCUT2D eigenvalue weighted by molar-refractivity contribution is -0.135. The summed E-state index contributed by atoms with van der Waals surface area (Å²) in [5.41, 5.74) is 0. The van der Waals surface area contributed by atoms with Crippen molar-refractivity contribution < 1.29 is 9.53 Å². The Morgan fingerprint density at radius 1 is 1.55 bits per heavy atom. The van der Waals surface area contributed by atoms with Crippen LogP contribution >= 0.6 is 0 Å². The van der Waals surface area contributed by atoms with E-state index in [1.54, 1.807) is 0 Å². The Kier molecular flexibility index (Phi) is 3.14. The van der Waals surface area contributed by atoms with Crippen molar-refractivity contribution in [3.05, 3.63) is 11.8 Å². The lowest BCUT2D eigenvalue weighted by atomic mass is 10.2. The van der Waals surface area contributed by atoms with Crippen molar-refractivity contribution in [1.29, 1.82) is 0 Å². The number of carbonyl (C=O) groups is 1. The van der Waals surface area contributed by atoms with E-state index in [1.807, 2.05) is 6.08 Å². The van der Waals surface area contributed by atoms with Crippen LogP contribution in [0.1, 0.15) is 39.0 Å². The highest BCUT2D eigenvalue weighted by Crippen LogP contribution is 2.18. The van der Waals surface area contributed by atoms with E-state index in [0.717, 1.165) is 18.6 Å². The van der Waals surface area contributed by atoms with Crippen molar-refractivity contribution >= 4 is 5.97 Å². The third-order valence-corrected chi connectivity index (χ3v) is 1.75. The Balaban J connectivity index is 2.25. The van der Waals surface area contributed by atoms with Crippen LogP contribution < -0.4 is 0 Å².